The van der Waals surface area contributed by atoms with E-state index in [0.717, 1.165) is 44.9 Å². The Kier molecular flexibility index (Phi) is 6.45. The lowest BCUT2D eigenvalue weighted by molar-refractivity contribution is -0.114. The van der Waals surface area contributed by atoms with E-state index in [4.69, 9.17) is 4.74 Å². The van der Waals surface area contributed by atoms with Crippen LogP contribution in [0.15, 0.2) is 17.4 Å². The molecule has 1 aromatic heterocycles. The summed E-state index contributed by atoms with van der Waals surface area (Å²) in [6.07, 6.45) is 10.2. The second-order valence-electron chi connectivity index (χ2n) is 8.84. The topological polar surface area (TPSA) is 54.7 Å². The minimum absolute atomic E-state index is 0.151. The molecule has 2 fully saturated rings. The lowest BCUT2D eigenvalue weighted by Gasteiger charge is -2.52. The average molecular weight is 376 g/mol. The summed E-state index contributed by atoms with van der Waals surface area (Å²) in [7, 11) is 3.88. The van der Waals surface area contributed by atoms with Gasteiger partial charge in [-0.2, -0.15) is 5.10 Å². The fourth-order valence-corrected chi connectivity index (χ4v) is 4.34. The van der Waals surface area contributed by atoms with Crippen molar-refractivity contribution in [3.63, 3.8) is 0 Å². The van der Waals surface area contributed by atoms with Gasteiger partial charge in [-0.1, -0.05) is 27.2 Å². The van der Waals surface area contributed by atoms with E-state index < -0.39 is 0 Å². The Morgan fingerprint density at radius 3 is 2.89 bits per heavy atom. The van der Waals surface area contributed by atoms with Gasteiger partial charge in [-0.15, -0.1) is 0 Å². The van der Waals surface area contributed by atoms with Crippen molar-refractivity contribution in [3.8, 4) is 0 Å². The number of unbranched alkanes of at least 4 members (excludes halogenated alkanes) is 1. The van der Waals surface area contributed by atoms with Crippen LogP contribution in [0.1, 0.15) is 52.0 Å². The van der Waals surface area contributed by atoms with Crippen molar-refractivity contribution in [2.24, 2.45) is 23.4 Å². The molecule has 1 aliphatic heterocycles. The number of ether oxygens (including phenoxy) is 1. The smallest absolute Gasteiger partial charge is 0.193 e. The van der Waals surface area contributed by atoms with Gasteiger partial charge in [0, 0.05) is 51.4 Å². The summed E-state index contributed by atoms with van der Waals surface area (Å²) < 4.78 is 7.98. The normalized spacial score (nSPS) is 27.7. The molecule has 152 valence electrons. The number of nitrogens with zero attached hydrogens (tertiary/aromatic N) is 4. The third-order valence-corrected chi connectivity index (χ3v) is 6.38. The average Bonchev–Trinajstić information content (AvgIpc) is 3.26. The first-order valence-electron chi connectivity index (χ1n) is 10.5. The highest BCUT2D eigenvalue weighted by atomic mass is 16.5. The molecule has 0 spiro atoms. The third kappa shape index (κ3) is 4.65. The van der Waals surface area contributed by atoms with E-state index in [9.17, 15) is 0 Å². The van der Waals surface area contributed by atoms with Crippen LogP contribution in [0.2, 0.25) is 0 Å². The van der Waals surface area contributed by atoms with Crippen molar-refractivity contribution in [3.05, 3.63) is 18.0 Å². The number of hydrogen-bond donors (Lipinski definition) is 1. The van der Waals surface area contributed by atoms with E-state index in [1.807, 2.05) is 25.0 Å². The molecule has 6 nitrogen and oxygen atoms in total. The van der Waals surface area contributed by atoms with E-state index in [2.05, 4.69) is 47.3 Å². The molecule has 0 bridgehead atoms. The van der Waals surface area contributed by atoms with Gasteiger partial charge in [0.1, 0.15) is 0 Å². The number of guanidine groups is 1. The van der Waals surface area contributed by atoms with E-state index in [0.29, 0.717) is 18.1 Å². The maximum atomic E-state index is 6.09. The molecule has 3 rings (SSSR count). The summed E-state index contributed by atoms with van der Waals surface area (Å²) in [5.74, 6) is 1.72. The summed E-state index contributed by atoms with van der Waals surface area (Å²) in [6, 6.07) is 0.431. The highest BCUT2D eigenvalue weighted by molar-refractivity contribution is 5.80. The molecular formula is C21H37N5O. The summed E-state index contributed by atoms with van der Waals surface area (Å²) in [5.41, 5.74) is 1.48. The van der Waals surface area contributed by atoms with Gasteiger partial charge >= 0.3 is 0 Å². The van der Waals surface area contributed by atoms with Crippen molar-refractivity contribution in [1.82, 2.24) is 20.0 Å². The highest BCUT2D eigenvalue weighted by Crippen LogP contribution is 2.43. The number of hydrogen-bond acceptors (Lipinski definition) is 3. The van der Waals surface area contributed by atoms with E-state index >= 15 is 0 Å². The Morgan fingerprint density at radius 2 is 2.26 bits per heavy atom. The first-order chi connectivity index (χ1) is 12.9. The number of likely N-dealkylation sites (tertiary alicyclic amines) is 1. The predicted molar refractivity (Wildman–Crippen MR) is 110 cm³/mol. The van der Waals surface area contributed by atoms with Gasteiger partial charge in [0.05, 0.1) is 12.3 Å². The van der Waals surface area contributed by atoms with Gasteiger partial charge in [0.25, 0.3) is 0 Å². The van der Waals surface area contributed by atoms with Crippen LogP contribution in [0.3, 0.4) is 0 Å². The molecule has 1 saturated heterocycles. The Hall–Kier alpha value is -1.56. The van der Waals surface area contributed by atoms with E-state index in [-0.39, 0.29) is 5.41 Å². The zero-order valence-corrected chi connectivity index (χ0v) is 17.7. The summed E-state index contributed by atoms with van der Waals surface area (Å²) >= 11 is 0. The van der Waals surface area contributed by atoms with Gasteiger partial charge in [0.15, 0.2) is 5.96 Å². The van der Waals surface area contributed by atoms with Gasteiger partial charge < -0.3 is 15.0 Å². The molecule has 2 heterocycles. The molecule has 0 amide bonds. The van der Waals surface area contributed by atoms with Crippen molar-refractivity contribution in [2.75, 3.05) is 26.7 Å². The molecule has 2 aliphatic rings. The zero-order chi connectivity index (χ0) is 19.4. The second kappa shape index (κ2) is 8.63. The van der Waals surface area contributed by atoms with Crippen molar-refractivity contribution < 1.29 is 4.74 Å². The standard InChI is InChI=1S/C21H37N5O/c1-6-7-10-27-19-12-18(21(19,2)3)24-20(22-4)26-9-8-16(15-26)11-17-13-23-25(5)14-17/h13-14,16,18-19H,6-12,15H2,1-5H3,(H,22,24). The Balaban J connectivity index is 1.48. The minimum atomic E-state index is 0.151. The van der Waals surface area contributed by atoms with Gasteiger partial charge in [-0.25, -0.2) is 0 Å². The predicted octanol–water partition coefficient (Wildman–Crippen LogP) is 2.84. The Bertz CT molecular complexity index is 638. The van der Waals surface area contributed by atoms with Crippen molar-refractivity contribution >= 4 is 5.96 Å². The summed E-state index contributed by atoms with van der Waals surface area (Å²) in [4.78, 5) is 7.00. The molecule has 3 atom stereocenters. The van der Waals surface area contributed by atoms with Crippen LogP contribution in [0.4, 0.5) is 0 Å². The molecule has 27 heavy (non-hydrogen) atoms. The lowest BCUT2D eigenvalue weighted by atomic mass is 9.64. The number of nitrogens with one attached hydrogen (secondary N) is 1. The number of aliphatic imine (C=N–C) groups is 1. The van der Waals surface area contributed by atoms with Crippen LogP contribution in [0, 0.1) is 11.3 Å². The molecule has 1 saturated carbocycles. The first-order valence-corrected chi connectivity index (χ1v) is 10.5. The molecule has 1 N–H and O–H groups in total. The Labute approximate surface area is 164 Å². The highest BCUT2D eigenvalue weighted by Gasteiger charge is 2.49. The lowest BCUT2D eigenvalue weighted by Crippen LogP contribution is -2.63. The minimum Gasteiger partial charge on any atom is -0.378 e. The second-order valence-corrected chi connectivity index (χ2v) is 8.84. The van der Waals surface area contributed by atoms with Gasteiger partial charge in [-0.3, -0.25) is 9.67 Å². The molecule has 0 radical (unpaired) electrons. The van der Waals surface area contributed by atoms with Crippen LogP contribution in [-0.2, 0) is 18.2 Å². The van der Waals surface area contributed by atoms with Crippen molar-refractivity contribution in [2.45, 2.75) is 65.0 Å². The largest absolute Gasteiger partial charge is 0.378 e. The van der Waals surface area contributed by atoms with Crippen LogP contribution in [-0.4, -0.2) is 59.5 Å². The molecule has 0 aromatic carbocycles. The number of aryl methyl sites for hydroxylation is 1. The SMILES string of the molecule is CCCCOC1CC(NC(=NC)N2CCC(Cc3cnn(C)c3)C2)C1(C)C. The Morgan fingerprint density at radius 1 is 1.44 bits per heavy atom. The fraction of sp³-hybridized carbons (Fsp3) is 0.810. The number of aromatic nitrogens is 2. The van der Waals surface area contributed by atoms with Gasteiger partial charge in [0.2, 0.25) is 0 Å². The van der Waals surface area contributed by atoms with Gasteiger partial charge in [-0.05, 0) is 37.2 Å². The molecular weight excluding hydrogens is 338 g/mol. The van der Waals surface area contributed by atoms with E-state index in [1.165, 1.54) is 18.4 Å². The molecule has 3 unspecified atom stereocenters. The molecule has 6 heteroatoms. The van der Waals surface area contributed by atoms with Crippen LogP contribution in [0.25, 0.3) is 0 Å². The van der Waals surface area contributed by atoms with Crippen molar-refractivity contribution in [1.29, 1.82) is 0 Å². The molecule has 1 aromatic rings. The number of rotatable bonds is 7. The van der Waals surface area contributed by atoms with Crippen LogP contribution in [0.5, 0.6) is 0 Å². The summed E-state index contributed by atoms with van der Waals surface area (Å²) in [5, 5.41) is 8.02. The third-order valence-electron chi connectivity index (χ3n) is 6.38. The monoisotopic (exact) mass is 375 g/mol. The quantitative estimate of drug-likeness (QED) is 0.452. The first kappa shape index (κ1) is 20.2. The van der Waals surface area contributed by atoms with Crippen LogP contribution < -0.4 is 5.32 Å². The summed E-state index contributed by atoms with van der Waals surface area (Å²) in [6.45, 7) is 9.86. The fourth-order valence-electron chi connectivity index (χ4n) is 4.34. The van der Waals surface area contributed by atoms with E-state index in [1.54, 1.807) is 0 Å². The molecule has 1 aliphatic carbocycles. The maximum absolute atomic E-state index is 6.09. The van der Waals surface area contributed by atoms with Crippen LogP contribution >= 0.6 is 0 Å². The zero-order valence-electron chi connectivity index (χ0n) is 17.7. The maximum Gasteiger partial charge on any atom is 0.193 e.